The standard InChI is InChI=1S/C14H17N3O3/c1-19-14(18)11-2-3-12-15-16-13(17(12)9-11)8-10-4-6-20-7-5-10/h2-3,9-10H,4-8H2,1H3. The Morgan fingerprint density at radius 3 is 2.95 bits per heavy atom. The van der Waals surface area contributed by atoms with Crippen molar-refractivity contribution >= 4 is 11.6 Å². The van der Waals surface area contributed by atoms with E-state index in [-0.39, 0.29) is 5.97 Å². The lowest BCUT2D eigenvalue weighted by Gasteiger charge is -2.20. The highest BCUT2D eigenvalue weighted by Gasteiger charge is 2.18. The van der Waals surface area contributed by atoms with Gasteiger partial charge in [-0.2, -0.15) is 0 Å². The Labute approximate surface area is 116 Å². The van der Waals surface area contributed by atoms with Crippen molar-refractivity contribution < 1.29 is 14.3 Å². The third kappa shape index (κ3) is 2.51. The number of pyridine rings is 1. The van der Waals surface area contributed by atoms with Gasteiger partial charge < -0.3 is 9.47 Å². The lowest BCUT2D eigenvalue weighted by molar-refractivity contribution is 0.0600. The molecule has 1 saturated heterocycles. The molecule has 1 aliphatic heterocycles. The molecular formula is C14H17N3O3. The van der Waals surface area contributed by atoms with Crippen molar-refractivity contribution in [1.29, 1.82) is 0 Å². The van der Waals surface area contributed by atoms with Crippen molar-refractivity contribution in [2.24, 2.45) is 5.92 Å². The Hall–Kier alpha value is -1.95. The van der Waals surface area contributed by atoms with Crippen molar-refractivity contribution in [3.8, 4) is 0 Å². The van der Waals surface area contributed by atoms with Gasteiger partial charge in [0.1, 0.15) is 5.82 Å². The second kappa shape index (κ2) is 5.58. The largest absolute Gasteiger partial charge is 0.465 e. The van der Waals surface area contributed by atoms with Gasteiger partial charge in [-0.15, -0.1) is 10.2 Å². The van der Waals surface area contributed by atoms with E-state index >= 15 is 0 Å². The molecule has 0 bridgehead atoms. The van der Waals surface area contributed by atoms with Crippen LogP contribution in [-0.2, 0) is 15.9 Å². The van der Waals surface area contributed by atoms with E-state index in [1.165, 1.54) is 7.11 Å². The van der Waals surface area contributed by atoms with Crippen LogP contribution in [-0.4, -0.2) is 40.9 Å². The zero-order chi connectivity index (χ0) is 13.9. The quantitative estimate of drug-likeness (QED) is 0.794. The van der Waals surface area contributed by atoms with Crippen molar-refractivity contribution in [2.75, 3.05) is 20.3 Å². The summed E-state index contributed by atoms with van der Waals surface area (Å²) in [5.74, 6) is 1.10. The minimum Gasteiger partial charge on any atom is -0.465 e. The highest BCUT2D eigenvalue weighted by molar-refractivity contribution is 5.89. The number of rotatable bonds is 3. The molecule has 0 atom stereocenters. The molecule has 1 aliphatic rings. The topological polar surface area (TPSA) is 65.7 Å². The second-order valence-corrected chi connectivity index (χ2v) is 5.01. The summed E-state index contributed by atoms with van der Waals surface area (Å²) >= 11 is 0. The summed E-state index contributed by atoms with van der Waals surface area (Å²) in [6, 6.07) is 3.49. The van der Waals surface area contributed by atoms with E-state index in [1.807, 2.05) is 4.40 Å². The number of methoxy groups -OCH3 is 1. The molecular weight excluding hydrogens is 258 g/mol. The molecule has 0 aliphatic carbocycles. The molecule has 3 heterocycles. The lowest BCUT2D eigenvalue weighted by atomic mass is 9.96. The molecule has 0 spiro atoms. The molecule has 20 heavy (non-hydrogen) atoms. The molecule has 2 aromatic heterocycles. The van der Waals surface area contributed by atoms with Crippen LogP contribution in [0.15, 0.2) is 18.3 Å². The molecule has 1 fully saturated rings. The summed E-state index contributed by atoms with van der Waals surface area (Å²) in [6.45, 7) is 1.63. The van der Waals surface area contributed by atoms with Gasteiger partial charge in [-0.1, -0.05) is 0 Å². The monoisotopic (exact) mass is 275 g/mol. The van der Waals surface area contributed by atoms with Crippen LogP contribution in [0.5, 0.6) is 0 Å². The molecule has 6 heteroatoms. The van der Waals surface area contributed by atoms with Crippen molar-refractivity contribution in [3.63, 3.8) is 0 Å². The van der Waals surface area contributed by atoms with E-state index in [1.54, 1.807) is 18.3 Å². The third-order valence-corrected chi connectivity index (χ3v) is 3.71. The van der Waals surface area contributed by atoms with Crippen molar-refractivity contribution in [3.05, 3.63) is 29.7 Å². The van der Waals surface area contributed by atoms with Gasteiger partial charge in [0.15, 0.2) is 5.65 Å². The van der Waals surface area contributed by atoms with Crippen molar-refractivity contribution in [2.45, 2.75) is 19.3 Å². The summed E-state index contributed by atoms with van der Waals surface area (Å²) in [6.07, 6.45) is 4.70. The maximum Gasteiger partial charge on any atom is 0.339 e. The van der Waals surface area contributed by atoms with Gasteiger partial charge in [0, 0.05) is 25.8 Å². The number of carbonyl (C=O) groups excluding carboxylic acids is 1. The highest BCUT2D eigenvalue weighted by atomic mass is 16.5. The average molecular weight is 275 g/mol. The molecule has 2 aromatic rings. The Bertz CT molecular complexity index is 617. The SMILES string of the molecule is COC(=O)c1ccc2nnc(CC3CCOCC3)n2c1. The van der Waals surface area contributed by atoms with Gasteiger partial charge in [-0.25, -0.2) is 4.79 Å². The fourth-order valence-electron chi connectivity index (χ4n) is 2.52. The van der Waals surface area contributed by atoms with Crippen LogP contribution in [0.2, 0.25) is 0 Å². The first-order chi connectivity index (χ1) is 9.78. The van der Waals surface area contributed by atoms with Crippen LogP contribution in [0.25, 0.3) is 5.65 Å². The predicted molar refractivity (Wildman–Crippen MR) is 71.6 cm³/mol. The van der Waals surface area contributed by atoms with Crippen LogP contribution in [0.4, 0.5) is 0 Å². The van der Waals surface area contributed by atoms with E-state index in [0.29, 0.717) is 11.5 Å². The number of nitrogens with zero attached hydrogens (tertiary/aromatic N) is 3. The summed E-state index contributed by atoms with van der Waals surface area (Å²) in [7, 11) is 1.38. The van der Waals surface area contributed by atoms with Gasteiger partial charge in [0.05, 0.1) is 12.7 Å². The fourth-order valence-corrected chi connectivity index (χ4v) is 2.52. The van der Waals surface area contributed by atoms with Crippen LogP contribution in [0.1, 0.15) is 29.0 Å². The zero-order valence-electron chi connectivity index (χ0n) is 11.4. The number of hydrogen-bond donors (Lipinski definition) is 0. The summed E-state index contributed by atoms with van der Waals surface area (Å²) < 4.78 is 12.0. The number of carbonyl (C=O) groups is 1. The zero-order valence-corrected chi connectivity index (χ0v) is 11.4. The summed E-state index contributed by atoms with van der Waals surface area (Å²) in [4.78, 5) is 11.6. The number of esters is 1. The molecule has 0 radical (unpaired) electrons. The Balaban J connectivity index is 1.88. The first kappa shape index (κ1) is 13.1. The normalized spacial score (nSPS) is 16.4. The predicted octanol–water partition coefficient (Wildman–Crippen LogP) is 1.49. The molecule has 0 amide bonds. The smallest absolute Gasteiger partial charge is 0.339 e. The van der Waals surface area contributed by atoms with Crippen molar-refractivity contribution in [1.82, 2.24) is 14.6 Å². The summed E-state index contributed by atoms with van der Waals surface area (Å²) in [5, 5.41) is 8.38. The minimum atomic E-state index is -0.349. The van der Waals surface area contributed by atoms with Crippen LogP contribution < -0.4 is 0 Å². The van der Waals surface area contributed by atoms with E-state index in [4.69, 9.17) is 9.47 Å². The number of ether oxygens (including phenoxy) is 2. The molecule has 0 aromatic carbocycles. The van der Waals surface area contributed by atoms with E-state index in [0.717, 1.165) is 43.9 Å². The van der Waals surface area contributed by atoms with Gasteiger partial charge in [0.2, 0.25) is 0 Å². The lowest BCUT2D eigenvalue weighted by Crippen LogP contribution is -2.18. The first-order valence-electron chi connectivity index (χ1n) is 6.77. The summed E-state index contributed by atoms with van der Waals surface area (Å²) in [5.41, 5.74) is 1.26. The van der Waals surface area contributed by atoms with Gasteiger partial charge in [-0.05, 0) is 30.9 Å². The molecule has 106 valence electrons. The number of fused-ring (bicyclic) bond motifs is 1. The molecule has 0 N–H and O–H groups in total. The van der Waals surface area contributed by atoms with Gasteiger partial charge >= 0.3 is 5.97 Å². The Morgan fingerprint density at radius 2 is 2.20 bits per heavy atom. The number of hydrogen-bond acceptors (Lipinski definition) is 5. The number of aromatic nitrogens is 3. The van der Waals surface area contributed by atoms with Crippen LogP contribution in [0, 0.1) is 5.92 Å². The average Bonchev–Trinajstić information content (AvgIpc) is 2.90. The van der Waals surface area contributed by atoms with E-state index < -0.39 is 0 Å². The van der Waals surface area contributed by atoms with E-state index in [9.17, 15) is 4.79 Å². The maximum absolute atomic E-state index is 11.6. The van der Waals surface area contributed by atoms with Gasteiger partial charge in [-0.3, -0.25) is 4.40 Å². The third-order valence-electron chi connectivity index (χ3n) is 3.71. The molecule has 6 nitrogen and oxygen atoms in total. The van der Waals surface area contributed by atoms with Gasteiger partial charge in [0.25, 0.3) is 0 Å². The van der Waals surface area contributed by atoms with Crippen LogP contribution in [0.3, 0.4) is 0 Å². The first-order valence-corrected chi connectivity index (χ1v) is 6.77. The Morgan fingerprint density at radius 1 is 1.40 bits per heavy atom. The van der Waals surface area contributed by atoms with E-state index in [2.05, 4.69) is 10.2 Å². The highest BCUT2D eigenvalue weighted by Crippen LogP contribution is 2.20. The van der Waals surface area contributed by atoms with Crippen LogP contribution >= 0.6 is 0 Å². The second-order valence-electron chi connectivity index (χ2n) is 5.01. The minimum absolute atomic E-state index is 0.349. The Kier molecular flexibility index (Phi) is 3.64. The molecule has 0 saturated carbocycles. The fraction of sp³-hybridized carbons (Fsp3) is 0.500. The maximum atomic E-state index is 11.6. The molecule has 0 unspecified atom stereocenters. The molecule has 3 rings (SSSR count).